The van der Waals surface area contributed by atoms with E-state index in [9.17, 15) is 9.90 Å². The number of aliphatic hydroxyl groups excluding tert-OH is 1. The lowest BCUT2D eigenvalue weighted by atomic mass is 10.3. The zero-order valence-corrected chi connectivity index (χ0v) is 10.5. The summed E-state index contributed by atoms with van der Waals surface area (Å²) in [5.74, 6) is -0.374. The summed E-state index contributed by atoms with van der Waals surface area (Å²) in [6, 6.07) is 1.77. The predicted octanol–water partition coefficient (Wildman–Crippen LogP) is 1.08. The van der Waals surface area contributed by atoms with E-state index < -0.39 is 0 Å². The first-order chi connectivity index (χ1) is 8.11. The van der Waals surface area contributed by atoms with Crippen molar-refractivity contribution in [2.45, 2.75) is 19.4 Å². The van der Waals surface area contributed by atoms with E-state index in [0.29, 0.717) is 23.7 Å². The van der Waals surface area contributed by atoms with E-state index >= 15 is 0 Å². The van der Waals surface area contributed by atoms with Crippen LogP contribution in [0.25, 0.3) is 0 Å². The maximum Gasteiger partial charge on any atom is 0.350 e. The van der Waals surface area contributed by atoms with Crippen LogP contribution in [0.1, 0.15) is 23.0 Å². The molecule has 1 unspecified atom stereocenters. The van der Waals surface area contributed by atoms with Gasteiger partial charge in [-0.25, -0.2) is 4.79 Å². The molecule has 0 aromatic carbocycles. The first-order valence-corrected chi connectivity index (χ1v) is 6.43. The SMILES string of the molecule is CCOC(=O)c1sc(N2CCC(O)C2)cc1N. The van der Waals surface area contributed by atoms with Crippen LogP contribution >= 0.6 is 11.3 Å². The molecule has 0 aliphatic carbocycles. The molecule has 0 saturated carbocycles. The van der Waals surface area contributed by atoms with Crippen molar-refractivity contribution in [1.29, 1.82) is 0 Å². The molecule has 17 heavy (non-hydrogen) atoms. The van der Waals surface area contributed by atoms with Crippen LogP contribution in [-0.4, -0.2) is 36.9 Å². The van der Waals surface area contributed by atoms with E-state index in [2.05, 4.69) is 0 Å². The Morgan fingerprint density at radius 2 is 2.53 bits per heavy atom. The predicted molar refractivity (Wildman–Crippen MR) is 67.5 cm³/mol. The highest BCUT2D eigenvalue weighted by Gasteiger charge is 2.24. The fourth-order valence-corrected chi connectivity index (χ4v) is 2.85. The molecule has 5 nitrogen and oxygen atoms in total. The van der Waals surface area contributed by atoms with E-state index in [1.54, 1.807) is 13.0 Å². The van der Waals surface area contributed by atoms with Gasteiger partial charge in [0.05, 0.1) is 23.4 Å². The van der Waals surface area contributed by atoms with Crippen LogP contribution in [0.3, 0.4) is 0 Å². The second-order valence-electron chi connectivity index (χ2n) is 3.98. The molecule has 1 fully saturated rings. The Bertz CT molecular complexity index is 419. The van der Waals surface area contributed by atoms with Crippen LogP contribution in [0.5, 0.6) is 0 Å². The van der Waals surface area contributed by atoms with Crippen LogP contribution < -0.4 is 10.6 Å². The summed E-state index contributed by atoms with van der Waals surface area (Å²) < 4.78 is 4.93. The van der Waals surface area contributed by atoms with E-state index in [1.807, 2.05) is 4.90 Å². The zero-order chi connectivity index (χ0) is 12.4. The van der Waals surface area contributed by atoms with Gasteiger partial charge in [-0.15, -0.1) is 11.3 Å². The summed E-state index contributed by atoms with van der Waals surface area (Å²) in [4.78, 5) is 14.1. The summed E-state index contributed by atoms with van der Waals surface area (Å²) in [6.45, 7) is 3.50. The molecule has 1 aliphatic heterocycles. The minimum absolute atomic E-state index is 0.288. The smallest absolute Gasteiger partial charge is 0.350 e. The average Bonchev–Trinajstić information content (AvgIpc) is 2.85. The fraction of sp³-hybridized carbons (Fsp3) is 0.545. The number of nitrogen functional groups attached to an aromatic ring is 1. The molecule has 1 aromatic heterocycles. The van der Waals surface area contributed by atoms with Crippen LogP contribution in [0.15, 0.2) is 6.07 Å². The summed E-state index contributed by atoms with van der Waals surface area (Å²) in [5, 5.41) is 10.4. The Labute approximate surface area is 104 Å². The molecule has 3 N–H and O–H groups in total. The molecule has 94 valence electrons. The average molecular weight is 256 g/mol. The Hall–Kier alpha value is -1.27. The van der Waals surface area contributed by atoms with Gasteiger partial charge in [-0.3, -0.25) is 0 Å². The zero-order valence-electron chi connectivity index (χ0n) is 9.68. The number of esters is 1. The Morgan fingerprint density at radius 1 is 1.76 bits per heavy atom. The van der Waals surface area contributed by atoms with Gasteiger partial charge in [0.25, 0.3) is 0 Å². The van der Waals surface area contributed by atoms with Crippen LogP contribution in [-0.2, 0) is 4.74 Å². The molecule has 1 aromatic rings. The molecule has 0 spiro atoms. The minimum Gasteiger partial charge on any atom is -0.462 e. The van der Waals surface area contributed by atoms with Crippen molar-refractivity contribution in [2.24, 2.45) is 0 Å². The number of nitrogens with zero attached hydrogens (tertiary/aromatic N) is 1. The normalized spacial score (nSPS) is 19.6. The number of ether oxygens (including phenoxy) is 1. The molecule has 1 aliphatic rings. The lowest BCUT2D eigenvalue weighted by Crippen LogP contribution is -2.19. The van der Waals surface area contributed by atoms with Gasteiger partial charge in [0.2, 0.25) is 0 Å². The van der Waals surface area contributed by atoms with E-state index in [0.717, 1.165) is 18.0 Å². The molecule has 1 atom stereocenters. The maximum absolute atomic E-state index is 11.6. The van der Waals surface area contributed by atoms with Gasteiger partial charge in [0, 0.05) is 13.1 Å². The standard InChI is InChI=1S/C11H16N2O3S/c1-2-16-11(15)10-8(12)5-9(17-10)13-4-3-7(14)6-13/h5,7,14H,2-4,6,12H2,1H3. The molecule has 0 radical (unpaired) electrons. The number of hydrogen-bond acceptors (Lipinski definition) is 6. The molecule has 2 heterocycles. The summed E-state index contributed by atoms with van der Waals surface area (Å²) in [6.07, 6.45) is 0.469. The lowest BCUT2D eigenvalue weighted by Gasteiger charge is -2.14. The molecule has 6 heteroatoms. The Kier molecular flexibility index (Phi) is 3.54. The maximum atomic E-state index is 11.6. The van der Waals surface area contributed by atoms with Crippen molar-refractivity contribution in [3.63, 3.8) is 0 Å². The fourth-order valence-electron chi connectivity index (χ4n) is 1.85. The second kappa shape index (κ2) is 4.93. The van der Waals surface area contributed by atoms with E-state index in [4.69, 9.17) is 10.5 Å². The van der Waals surface area contributed by atoms with Crippen LogP contribution in [0, 0.1) is 0 Å². The van der Waals surface area contributed by atoms with E-state index in [1.165, 1.54) is 11.3 Å². The van der Waals surface area contributed by atoms with Gasteiger partial charge in [0.1, 0.15) is 4.88 Å². The van der Waals surface area contributed by atoms with Crippen molar-refractivity contribution < 1.29 is 14.6 Å². The number of rotatable bonds is 3. The van der Waals surface area contributed by atoms with Crippen molar-refractivity contribution in [1.82, 2.24) is 0 Å². The lowest BCUT2D eigenvalue weighted by molar-refractivity contribution is 0.0533. The Morgan fingerprint density at radius 3 is 3.12 bits per heavy atom. The van der Waals surface area contributed by atoms with Gasteiger partial charge < -0.3 is 20.5 Å². The van der Waals surface area contributed by atoms with Gasteiger partial charge in [-0.1, -0.05) is 0 Å². The number of anilines is 2. The Balaban J connectivity index is 2.15. The number of thiophene rings is 1. The third-order valence-electron chi connectivity index (χ3n) is 2.68. The monoisotopic (exact) mass is 256 g/mol. The van der Waals surface area contributed by atoms with E-state index in [-0.39, 0.29) is 12.1 Å². The first kappa shape index (κ1) is 12.2. The van der Waals surface area contributed by atoms with Gasteiger partial charge in [-0.05, 0) is 19.4 Å². The molecule has 0 bridgehead atoms. The largest absolute Gasteiger partial charge is 0.462 e. The number of β-amino-alcohol motifs (C(OH)–C–C–N with tert-alkyl or cyclic N) is 1. The number of nitrogens with two attached hydrogens (primary N) is 1. The third kappa shape index (κ3) is 2.53. The minimum atomic E-state index is -0.374. The second-order valence-corrected chi connectivity index (χ2v) is 5.01. The van der Waals surface area contributed by atoms with Crippen LogP contribution in [0.4, 0.5) is 10.7 Å². The molecular weight excluding hydrogens is 240 g/mol. The van der Waals surface area contributed by atoms with Crippen molar-refractivity contribution >= 4 is 28.0 Å². The molecule has 0 amide bonds. The highest BCUT2D eigenvalue weighted by molar-refractivity contribution is 7.18. The summed E-state index contributed by atoms with van der Waals surface area (Å²) in [7, 11) is 0. The highest BCUT2D eigenvalue weighted by Crippen LogP contribution is 2.34. The molecule has 1 saturated heterocycles. The van der Waals surface area contributed by atoms with Crippen molar-refractivity contribution in [3.8, 4) is 0 Å². The van der Waals surface area contributed by atoms with Crippen LogP contribution in [0.2, 0.25) is 0 Å². The van der Waals surface area contributed by atoms with Crippen molar-refractivity contribution in [3.05, 3.63) is 10.9 Å². The van der Waals surface area contributed by atoms with Gasteiger partial charge in [-0.2, -0.15) is 0 Å². The topological polar surface area (TPSA) is 75.8 Å². The van der Waals surface area contributed by atoms with Gasteiger partial charge in [0.15, 0.2) is 0 Å². The third-order valence-corrected chi connectivity index (χ3v) is 3.88. The van der Waals surface area contributed by atoms with Gasteiger partial charge >= 0.3 is 5.97 Å². The number of aliphatic hydroxyl groups is 1. The number of carbonyl (C=O) groups excluding carboxylic acids is 1. The number of hydrogen-bond donors (Lipinski definition) is 2. The number of carbonyl (C=O) groups is 1. The quantitative estimate of drug-likeness (QED) is 0.791. The first-order valence-electron chi connectivity index (χ1n) is 5.61. The summed E-state index contributed by atoms with van der Waals surface area (Å²) >= 11 is 1.32. The highest BCUT2D eigenvalue weighted by atomic mass is 32.1. The molecule has 2 rings (SSSR count). The molecular formula is C11H16N2O3S. The summed E-state index contributed by atoms with van der Waals surface area (Å²) in [5.41, 5.74) is 6.24. The van der Waals surface area contributed by atoms with Crippen molar-refractivity contribution in [2.75, 3.05) is 30.3 Å².